The van der Waals surface area contributed by atoms with Gasteiger partial charge in [0.05, 0.1) is 5.69 Å². The van der Waals surface area contributed by atoms with E-state index in [1.165, 1.54) is 11.0 Å². The summed E-state index contributed by atoms with van der Waals surface area (Å²) in [5.74, 6) is -0.999. The maximum atomic E-state index is 14.2. The highest BCUT2D eigenvalue weighted by Gasteiger charge is 2.41. The standard InChI is InChI=1S/C15H18BrFN2O2/c1-3-6-11-15(21)19(12(4-2)14(20)18-11)13-9(16)7-5-8-10(13)17/h5,7-8,11-12H,3-4,6H2,1-2H3,(H,18,20). The lowest BCUT2D eigenvalue weighted by molar-refractivity contribution is -0.134. The Morgan fingerprint density at radius 2 is 2.05 bits per heavy atom. The monoisotopic (exact) mass is 356 g/mol. The van der Waals surface area contributed by atoms with Crippen LogP contribution in [-0.4, -0.2) is 23.9 Å². The van der Waals surface area contributed by atoms with E-state index in [-0.39, 0.29) is 17.5 Å². The zero-order chi connectivity index (χ0) is 15.6. The number of piperazine rings is 1. The van der Waals surface area contributed by atoms with Crippen molar-refractivity contribution in [2.75, 3.05) is 4.90 Å². The van der Waals surface area contributed by atoms with Gasteiger partial charge in [0.1, 0.15) is 17.9 Å². The van der Waals surface area contributed by atoms with Gasteiger partial charge in [-0.25, -0.2) is 4.39 Å². The van der Waals surface area contributed by atoms with E-state index in [2.05, 4.69) is 21.2 Å². The number of para-hydroxylation sites is 1. The van der Waals surface area contributed by atoms with E-state index in [0.717, 1.165) is 6.42 Å². The fourth-order valence-corrected chi connectivity index (χ4v) is 3.14. The molecule has 1 N–H and O–H groups in total. The summed E-state index contributed by atoms with van der Waals surface area (Å²) < 4.78 is 14.7. The summed E-state index contributed by atoms with van der Waals surface area (Å²) in [6.45, 7) is 3.74. The predicted molar refractivity (Wildman–Crippen MR) is 82.5 cm³/mol. The molecule has 2 atom stereocenters. The fraction of sp³-hybridized carbons (Fsp3) is 0.467. The Morgan fingerprint density at radius 1 is 1.33 bits per heavy atom. The number of amides is 2. The number of benzene rings is 1. The number of halogens is 2. The van der Waals surface area contributed by atoms with Crippen molar-refractivity contribution < 1.29 is 14.0 Å². The number of hydrogen-bond donors (Lipinski definition) is 1. The molecule has 1 aliphatic rings. The average Bonchev–Trinajstić information content (AvgIpc) is 2.44. The maximum Gasteiger partial charge on any atom is 0.250 e. The van der Waals surface area contributed by atoms with Gasteiger partial charge in [-0.2, -0.15) is 0 Å². The molecule has 21 heavy (non-hydrogen) atoms. The number of anilines is 1. The Bertz CT molecular complexity index is 544. The Hall–Kier alpha value is -1.43. The molecule has 1 aromatic rings. The lowest BCUT2D eigenvalue weighted by Gasteiger charge is -2.39. The minimum absolute atomic E-state index is 0.144. The number of carbonyl (C=O) groups is 2. The van der Waals surface area contributed by atoms with E-state index in [0.29, 0.717) is 17.3 Å². The van der Waals surface area contributed by atoms with Gasteiger partial charge in [-0.3, -0.25) is 14.5 Å². The molecule has 0 spiro atoms. The normalized spacial score (nSPS) is 22.4. The molecule has 1 saturated heterocycles. The van der Waals surface area contributed by atoms with Crippen LogP contribution in [0.5, 0.6) is 0 Å². The number of nitrogens with one attached hydrogen (secondary N) is 1. The molecule has 0 bridgehead atoms. The summed E-state index contributed by atoms with van der Waals surface area (Å²) in [5, 5.41) is 2.74. The number of rotatable bonds is 4. The summed E-state index contributed by atoms with van der Waals surface area (Å²) in [4.78, 5) is 26.2. The van der Waals surface area contributed by atoms with Crippen LogP contribution in [-0.2, 0) is 9.59 Å². The van der Waals surface area contributed by atoms with E-state index in [1.54, 1.807) is 19.1 Å². The smallest absolute Gasteiger partial charge is 0.250 e. The summed E-state index contributed by atoms with van der Waals surface area (Å²) in [5.41, 5.74) is 0.144. The second-order valence-corrected chi connectivity index (χ2v) is 5.91. The van der Waals surface area contributed by atoms with Gasteiger partial charge in [0.25, 0.3) is 0 Å². The Balaban J connectivity index is 2.49. The van der Waals surface area contributed by atoms with Crippen molar-refractivity contribution in [3.05, 3.63) is 28.5 Å². The molecule has 0 aliphatic carbocycles. The van der Waals surface area contributed by atoms with E-state index in [1.807, 2.05) is 6.92 Å². The average molecular weight is 357 g/mol. The predicted octanol–water partition coefficient (Wildman–Crippen LogP) is 3.00. The zero-order valence-electron chi connectivity index (χ0n) is 12.0. The molecule has 0 saturated carbocycles. The highest BCUT2D eigenvalue weighted by molar-refractivity contribution is 9.10. The number of nitrogens with zero attached hydrogens (tertiary/aromatic N) is 1. The van der Waals surface area contributed by atoms with Crippen LogP contribution in [0.1, 0.15) is 33.1 Å². The molecule has 2 amide bonds. The number of hydrogen-bond acceptors (Lipinski definition) is 2. The summed E-state index contributed by atoms with van der Waals surface area (Å²) in [6.07, 6.45) is 1.74. The molecule has 0 radical (unpaired) electrons. The van der Waals surface area contributed by atoms with Crippen molar-refractivity contribution in [1.29, 1.82) is 0 Å². The van der Waals surface area contributed by atoms with Gasteiger partial charge in [-0.15, -0.1) is 0 Å². The van der Waals surface area contributed by atoms with E-state index in [9.17, 15) is 14.0 Å². The van der Waals surface area contributed by atoms with E-state index >= 15 is 0 Å². The highest BCUT2D eigenvalue weighted by atomic mass is 79.9. The third-order valence-electron chi connectivity index (χ3n) is 3.61. The molecule has 2 rings (SSSR count). The second kappa shape index (κ2) is 6.56. The minimum Gasteiger partial charge on any atom is -0.342 e. The van der Waals surface area contributed by atoms with Crippen LogP contribution in [0.2, 0.25) is 0 Å². The largest absolute Gasteiger partial charge is 0.342 e. The van der Waals surface area contributed by atoms with Gasteiger partial charge >= 0.3 is 0 Å². The zero-order valence-corrected chi connectivity index (χ0v) is 13.6. The van der Waals surface area contributed by atoms with Crippen LogP contribution in [0, 0.1) is 5.82 Å². The van der Waals surface area contributed by atoms with E-state index < -0.39 is 17.9 Å². The van der Waals surface area contributed by atoms with Gasteiger partial charge in [0.15, 0.2) is 0 Å². The lowest BCUT2D eigenvalue weighted by Crippen LogP contribution is -2.63. The molecule has 1 fully saturated rings. The summed E-state index contributed by atoms with van der Waals surface area (Å²) in [7, 11) is 0. The van der Waals surface area contributed by atoms with Gasteiger partial charge in [-0.1, -0.05) is 26.3 Å². The van der Waals surface area contributed by atoms with Crippen molar-refractivity contribution in [3.8, 4) is 0 Å². The first-order chi connectivity index (χ1) is 10.0. The van der Waals surface area contributed by atoms with Crippen molar-refractivity contribution in [3.63, 3.8) is 0 Å². The molecular formula is C15H18BrFN2O2. The molecule has 4 nitrogen and oxygen atoms in total. The molecule has 1 aliphatic heterocycles. The molecule has 2 unspecified atom stereocenters. The van der Waals surface area contributed by atoms with Crippen LogP contribution < -0.4 is 10.2 Å². The Kier molecular flexibility index (Phi) is 4.98. The first-order valence-electron chi connectivity index (χ1n) is 7.08. The van der Waals surface area contributed by atoms with Gasteiger partial charge in [0.2, 0.25) is 11.8 Å². The summed E-state index contributed by atoms with van der Waals surface area (Å²) in [6, 6.07) is 3.25. The van der Waals surface area contributed by atoms with Crippen molar-refractivity contribution in [2.24, 2.45) is 0 Å². The van der Waals surface area contributed by atoms with Crippen LogP contribution in [0.4, 0.5) is 10.1 Å². The van der Waals surface area contributed by atoms with Gasteiger partial charge in [0, 0.05) is 4.47 Å². The quantitative estimate of drug-likeness (QED) is 0.901. The second-order valence-electron chi connectivity index (χ2n) is 5.05. The van der Waals surface area contributed by atoms with E-state index in [4.69, 9.17) is 0 Å². The SMILES string of the molecule is CCCC1NC(=O)C(CC)N(c2c(F)cccc2Br)C1=O. The van der Waals surface area contributed by atoms with Crippen molar-refractivity contribution in [1.82, 2.24) is 5.32 Å². The molecule has 1 heterocycles. The minimum atomic E-state index is -0.682. The Labute approximate surface area is 131 Å². The first kappa shape index (κ1) is 15.9. The Morgan fingerprint density at radius 3 is 2.62 bits per heavy atom. The molecule has 1 aromatic carbocycles. The fourth-order valence-electron chi connectivity index (χ4n) is 2.61. The molecular weight excluding hydrogens is 339 g/mol. The van der Waals surface area contributed by atoms with Gasteiger partial charge < -0.3 is 5.32 Å². The van der Waals surface area contributed by atoms with Gasteiger partial charge in [-0.05, 0) is 40.9 Å². The number of carbonyl (C=O) groups excluding carboxylic acids is 2. The summed E-state index contributed by atoms with van der Waals surface area (Å²) >= 11 is 3.28. The van der Waals surface area contributed by atoms with Crippen LogP contribution in [0.25, 0.3) is 0 Å². The van der Waals surface area contributed by atoms with Crippen molar-refractivity contribution >= 4 is 33.4 Å². The topological polar surface area (TPSA) is 49.4 Å². The lowest BCUT2D eigenvalue weighted by atomic mass is 10.0. The first-order valence-corrected chi connectivity index (χ1v) is 7.88. The molecule has 0 aromatic heterocycles. The third kappa shape index (κ3) is 2.95. The maximum absolute atomic E-state index is 14.2. The molecule has 114 valence electrons. The van der Waals surface area contributed by atoms with Crippen LogP contribution in [0.15, 0.2) is 22.7 Å². The van der Waals surface area contributed by atoms with Crippen molar-refractivity contribution in [2.45, 2.75) is 45.2 Å². The highest BCUT2D eigenvalue weighted by Crippen LogP contribution is 2.33. The van der Waals surface area contributed by atoms with Crippen LogP contribution in [0.3, 0.4) is 0 Å². The van der Waals surface area contributed by atoms with Crippen LogP contribution >= 0.6 is 15.9 Å². The molecule has 6 heteroatoms. The third-order valence-corrected chi connectivity index (χ3v) is 4.25.